The molecule has 3 rings (SSSR count). The van der Waals surface area contributed by atoms with Crippen LogP contribution in [0.1, 0.15) is 15.9 Å². The number of fused-ring (bicyclic) bond motifs is 3. The van der Waals surface area contributed by atoms with Crippen molar-refractivity contribution in [2.75, 3.05) is 0 Å². The van der Waals surface area contributed by atoms with Crippen LogP contribution >= 0.6 is 23.2 Å². The maximum Gasteiger partial charge on any atom is 0.195 e. The molecule has 0 atom stereocenters. The Morgan fingerprint density at radius 1 is 1.00 bits per heavy atom. The first-order valence-electron chi connectivity index (χ1n) is 4.67. The summed E-state index contributed by atoms with van der Waals surface area (Å²) in [6, 6.07) is 6.79. The monoisotopic (exact) mass is 249 g/mol. The fourth-order valence-electron chi connectivity index (χ4n) is 1.88. The molecule has 0 saturated carbocycles. The van der Waals surface area contributed by atoms with Crippen LogP contribution in [0, 0.1) is 0 Å². The SMILES string of the molecule is O=C1c2cc(Cl)c(Cl)cc2-c2ncccc21. The number of halogens is 2. The number of nitrogens with zero attached hydrogens (tertiary/aromatic N) is 1. The summed E-state index contributed by atoms with van der Waals surface area (Å²) in [6.07, 6.45) is 1.66. The van der Waals surface area contributed by atoms with E-state index < -0.39 is 0 Å². The molecule has 1 heterocycles. The van der Waals surface area contributed by atoms with Gasteiger partial charge in [0.2, 0.25) is 0 Å². The number of pyridine rings is 1. The van der Waals surface area contributed by atoms with Gasteiger partial charge < -0.3 is 0 Å². The van der Waals surface area contributed by atoms with Gasteiger partial charge >= 0.3 is 0 Å². The molecule has 0 N–H and O–H groups in total. The smallest absolute Gasteiger partial charge is 0.195 e. The molecular formula is C12H5Cl2NO. The minimum atomic E-state index is -0.0448. The molecule has 78 valence electrons. The maximum absolute atomic E-state index is 12.0. The molecular weight excluding hydrogens is 245 g/mol. The van der Waals surface area contributed by atoms with Crippen LogP contribution in [0.2, 0.25) is 10.0 Å². The van der Waals surface area contributed by atoms with Gasteiger partial charge in [-0.2, -0.15) is 0 Å². The lowest BCUT2D eigenvalue weighted by Crippen LogP contribution is -1.94. The van der Waals surface area contributed by atoms with Crippen molar-refractivity contribution in [2.24, 2.45) is 0 Å². The quantitative estimate of drug-likeness (QED) is 0.610. The third kappa shape index (κ3) is 1.20. The highest BCUT2D eigenvalue weighted by atomic mass is 35.5. The largest absolute Gasteiger partial charge is 0.289 e. The van der Waals surface area contributed by atoms with Crippen LogP contribution < -0.4 is 0 Å². The van der Waals surface area contributed by atoms with E-state index in [1.165, 1.54) is 0 Å². The summed E-state index contributed by atoms with van der Waals surface area (Å²) in [7, 11) is 0. The molecule has 0 radical (unpaired) electrons. The number of carbonyl (C=O) groups is 1. The fraction of sp³-hybridized carbons (Fsp3) is 0. The Labute approximate surface area is 102 Å². The summed E-state index contributed by atoms with van der Waals surface area (Å²) >= 11 is 11.8. The molecule has 4 heteroatoms. The second kappa shape index (κ2) is 3.30. The lowest BCUT2D eigenvalue weighted by atomic mass is 10.1. The van der Waals surface area contributed by atoms with E-state index in [1.807, 2.05) is 0 Å². The van der Waals surface area contributed by atoms with E-state index in [-0.39, 0.29) is 5.78 Å². The lowest BCUT2D eigenvalue weighted by Gasteiger charge is -2.00. The lowest BCUT2D eigenvalue weighted by molar-refractivity contribution is 0.104. The van der Waals surface area contributed by atoms with Crippen LogP contribution in [-0.4, -0.2) is 10.8 Å². The second-order valence-corrected chi connectivity index (χ2v) is 4.35. The molecule has 2 aromatic rings. The highest BCUT2D eigenvalue weighted by Gasteiger charge is 2.28. The topological polar surface area (TPSA) is 30.0 Å². The van der Waals surface area contributed by atoms with E-state index in [1.54, 1.807) is 30.5 Å². The summed E-state index contributed by atoms with van der Waals surface area (Å²) < 4.78 is 0. The molecule has 16 heavy (non-hydrogen) atoms. The molecule has 0 unspecified atom stereocenters. The Bertz CT molecular complexity index is 622. The summed E-state index contributed by atoms with van der Waals surface area (Å²) in [5.74, 6) is -0.0448. The third-order valence-electron chi connectivity index (χ3n) is 2.61. The highest BCUT2D eigenvalue weighted by Crippen LogP contribution is 2.39. The van der Waals surface area contributed by atoms with Crippen molar-refractivity contribution in [3.63, 3.8) is 0 Å². The maximum atomic E-state index is 12.0. The van der Waals surface area contributed by atoms with Crippen molar-refractivity contribution in [3.05, 3.63) is 51.6 Å². The van der Waals surface area contributed by atoms with Crippen molar-refractivity contribution in [1.29, 1.82) is 0 Å². The van der Waals surface area contributed by atoms with Crippen LogP contribution in [0.4, 0.5) is 0 Å². The highest BCUT2D eigenvalue weighted by molar-refractivity contribution is 6.43. The van der Waals surface area contributed by atoms with Crippen molar-refractivity contribution in [1.82, 2.24) is 4.98 Å². The van der Waals surface area contributed by atoms with E-state index in [0.717, 1.165) is 5.56 Å². The van der Waals surface area contributed by atoms with Crippen LogP contribution in [0.25, 0.3) is 11.3 Å². The van der Waals surface area contributed by atoms with Crippen LogP contribution in [-0.2, 0) is 0 Å². The van der Waals surface area contributed by atoms with Crippen LogP contribution in [0.15, 0.2) is 30.5 Å². The van der Waals surface area contributed by atoms with Crippen molar-refractivity contribution in [2.45, 2.75) is 0 Å². The average molecular weight is 250 g/mol. The molecule has 0 fully saturated rings. The summed E-state index contributed by atoms with van der Waals surface area (Å²) in [4.78, 5) is 16.2. The molecule has 0 saturated heterocycles. The van der Waals surface area contributed by atoms with E-state index in [9.17, 15) is 4.79 Å². The molecule has 0 aliphatic heterocycles. The minimum absolute atomic E-state index is 0.0448. The zero-order valence-corrected chi connectivity index (χ0v) is 9.51. The predicted octanol–water partition coefficient (Wildman–Crippen LogP) is 3.60. The first-order chi connectivity index (χ1) is 7.68. The second-order valence-electron chi connectivity index (χ2n) is 3.54. The van der Waals surface area contributed by atoms with E-state index in [0.29, 0.717) is 26.9 Å². The van der Waals surface area contributed by atoms with Gasteiger partial charge in [-0.05, 0) is 24.3 Å². The molecule has 1 aliphatic rings. The zero-order chi connectivity index (χ0) is 11.3. The molecule has 1 aromatic carbocycles. The number of aromatic nitrogens is 1. The van der Waals surface area contributed by atoms with Crippen molar-refractivity contribution >= 4 is 29.0 Å². The van der Waals surface area contributed by atoms with Crippen molar-refractivity contribution in [3.8, 4) is 11.3 Å². The van der Waals surface area contributed by atoms with Gasteiger partial charge in [0.1, 0.15) is 0 Å². The predicted molar refractivity (Wildman–Crippen MR) is 63.1 cm³/mol. The van der Waals surface area contributed by atoms with Crippen molar-refractivity contribution < 1.29 is 4.79 Å². The van der Waals surface area contributed by atoms with Gasteiger partial charge in [-0.1, -0.05) is 23.2 Å². The summed E-state index contributed by atoms with van der Waals surface area (Å²) in [5.41, 5.74) is 2.62. The van der Waals surface area contributed by atoms with E-state index in [4.69, 9.17) is 23.2 Å². The van der Waals surface area contributed by atoms with Gasteiger partial charge in [0.05, 0.1) is 15.7 Å². The normalized spacial score (nSPS) is 12.5. The number of rotatable bonds is 0. The van der Waals surface area contributed by atoms with Gasteiger partial charge in [0.15, 0.2) is 5.78 Å². The summed E-state index contributed by atoms with van der Waals surface area (Å²) in [5, 5.41) is 0.827. The Balaban J connectivity index is 2.38. The Hall–Kier alpha value is -1.38. The Morgan fingerprint density at radius 2 is 1.69 bits per heavy atom. The number of hydrogen-bond donors (Lipinski definition) is 0. The minimum Gasteiger partial charge on any atom is -0.289 e. The summed E-state index contributed by atoms with van der Waals surface area (Å²) in [6.45, 7) is 0. The third-order valence-corrected chi connectivity index (χ3v) is 3.33. The molecule has 0 spiro atoms. The fourth-order valence-corrected chi connectivity index (χ4v) is 2.21. The van der Waals surface area contributed by atoms with Gasteiger partial charge in [-0.25, -0.2) is 0 Å². The van der Waals surface area contributed by atoms with Crippen LogP contribution in [0.3, 0.4) is 0 Å². The van der Waals surface area contributed by atoms with Crippen LogP contribution in [0.5, 0.6) is 0 Å². The molecule has 0 bridgehead atoms. The van der Waals surface area contributed by atoms with Gasteiger partial charge in [0.25, 0.3) is 0 Å². The molecule has 1 aromatic heterocycles. The molecule has 1 aliphatic carbocycles. The van der Waals surface area contributed by atoms with Gasteiger partial charge in [-0.3, -0.25) is 9.78 Å². The van der Waals surface area contributed by atoms with Gasteiger partial charge in [0, 0.05) is 22.9 Å². The number of ketones is 1. The van der Waals surface area contributed by atoms with E-state index >= 15 is 0 Å². The Morgan fingerprint density at radius 3 is 2.44 bits per heavy atom. The average Bonchev–Trinajstić information content (AvgIpc) is 2.55. The van der Waals surface area contributed by atoms with E-state index in [2.05, 4.69) is 4.98 Å². The standard InChI is InChI=1S/C12H5Cl2NO/c13-9-4-7-8(5-10(9)14)12(16)6-2-1-3-15-11(6)7/h1-5H. The Kier molecular flexibility index (Phi) is 2.03. The number of benzene rings is 1. The molecule has 0 amide bonds. The first kappa shape index (κ1) is 9.82. The van der Waals surface area contributed by atoms with Gasteiger partial charge in [-0.15, -0.1) is 0 Å². The molecule has 2 nitrogen and oxygen atoms in total. The number of carbonyl (C=O) groups excluding carboxylic acids is 1. The number of hydrogen-bond acceptors (Lipinski definition) is 2. The zero-order valence-electron chi connectivity index (χ0n) is 8.00. The first-order valence-corrected chi connectivity index (χ1v) is 5.43.